The first-order chi connectivity index (χ1) is 17.8. The SMILES string of the molecule is Cc1ccccc1C1CC(c2ccccc2NS(=O)(=O)c2ccccc2)=NN1S(=O)(=O)c1ccccc1. The van der Waals surface area contributed by atoms with Gasteiger partial charge in [-0.05, 0) is 48.4 Å². The number of hydrogen-bond donors (Lipinski definition) is 1. The monoisotopic (exact) mass is 531 g/mol. The standard InChI is InChI=1S/C28H25N3O4S2/c1-21-12-8-9-17-24(21)28-20-27(29-31(28)37(34,35)23-15-6-3-7-16-23)25-18-10-11-19-26(25)30-36(32,33)22-13-4-2-5-14-22/h2-19,28,30H,20H2,1H3. The van der Waals surface area contributed by atoms with Crippen molar-refractivity contribution in [3.05, 3.63) is 126 Å². The third-order valence-corrected chi connectivity index (χ3v) is 9.32. The van der Waals surface area contributed by atoms with Gasteiger partial charge in [-0.3, -0.25) is 4.72 Å². The van der Waals surface area contributed by atoms with Crippen LogP contribution < -0.4 is 4.72 Å². The predicted octanol–water partition coefficient (Wildman–Crippen LogP) is 5.34. The second-order valence-electron chi connectivity index (χ2n) is 8.68. The molecule has 7 nitrogen and oxygen atoms in total. The molecule has 1 heterocycles. The quantitative estimate of drug-likeness (QED) is 0.348. The van der Waals surface area contributed by atoms with Crippen LogP contribution in [0.5, 0.6) is 0 Å². The molecule has 1 aliphatic heterocycles. The lowest BCUT2D eigenvalue weighted by Gasteiger charge is -2.24. The fraction of sp³-hybridized carbons (Fsp3) is 0.107. The van der Waals surface area contributed by atoms with E-state index in [1.54, 1.807) is 72.8 Å². The van der Waals surface area contributed by atoms with Gasteiger partial charge in [-0.15, -0.1) is 0 Å². The van der Waals surface area contributed by atoms with Gasteiger partial charge in [-0.25, -0.2) is 8.42 Å². The fourth-order valence-electron chi connectivity index (χ4n) is 4.39. The Balaban J connectivity index is 1.59. The first-order valence-electron chi connectivity index (χ1n) is 11.7. The third kappa shape index (κ3) is 4.87. The van der Waals surface area contributed by atoms with E-state index in [9.17, 15) is 16.8 Å². The summed E-state index contributed by atoms with van der Waals surface area (Å²) in [5, 5.41) is 4.60. The molecule has 188 valence electrons. The molecule has 37 heavy (non-hydrogen) atoms. The summed E-state index contributed by atoms with van der Waals surface area (Å²) in [5.41, 5.74) is 3.09. The van der Waals surface area contributed by atoms with Crippen molar-refractivity contribution in [1.29, 1.82) is 0 Å². The number of para-hydroxylation sites is 1. The molecular formula is C28H25N3O4S2. The number of sulfonamides is 2. The summed E-state index contributed by atoms with van der Waals surface area (Å²) >= 11 is 0. The number of hydrazone groups is 1. The van der Waals surface area contributed by atoms with Crippen LogP contribution in [0, 0.1) is 6.92 Å². The van der Waals surface area contributed by atoms with E-state index >= 15 is 0 Å². The Morgan fingerprint density at radius 1 is 0.730 bits per heavy atom. The van der Waals surface area contributed by atoms with Crippen molar-refractivity contribution in [3.63, 3.8) is 0 Å². The maximum absolute atomic E-state index is 13.7. The van der Waals surface area contributed by atoms with Gasteiger partial charge in [0.1, 0.15) is 0 Å². The molecule has 1 aliphatic rings. The maximum atomic E-state index is 13.7. The Kier molecular flexibility index (Phi) is 6.57. The highest BCUT2D eigenvalue weighted by molar-refractivity contribution is 7.92. The molecule has 4 aromatic carbocycles. The van der Waals surface area contributed by atoms with E-state index in [2.05, 4.69) is 9.82 Å². The van der Waals surface area contributed by atoms with Crippen LogP contribution in [0.2, 0.25) is 0 Å². The van der Waals surface area contributed by atoms with Gasteiger partial charge >= 0.3 is 0 Å². The number of rotatable bonds is 7. The molecule has 9 heteroatoms. The van der Waals surface area contributed by atoms with Crippen molar-refractivity contribution >= 4 is 31.4 Å². The molecule has 5 rings (SSSR count). The number of anilines is 1. The molecule has 0 saturated heterocycles. The molecular weight excluding hydrogens is 506 g/mol. The third-order valence-electron chi connectivity index (χ3n) is 6.24. The number of nitrogens with one attached hydrogen (secondary N) is 1. The zero-order valence-electron chi connectivity index (χ0n) is 20.0. The van der Waals surface area contributed by atoms with Gasteiger partial charge in [0.2, 0.25) is 0 Å². The zero-order chi connectivity index (χ0) is 26.0. The van der Waals surface area contributed by atoms with Crippen LogP contribution in [0.25, 0.3) is 0 Å². The summed E-state index contributed by atoms with van der Waals surface area (Å²) in [7, 11) is -7.84. The van der Waals surface area contributed by atoms with E-state index in [0.29, 0.717) is 17.0 Å². The molecule has 0 spiro atoms. The van der Waals surface area contributed by atoms with Crippen molar-refractivity contribution in [2.24, 2.45) is 5.10 Å². The minimum Gasteiger partial charge on any atom is -0.279 e. The molecule has 0 aromatic heterocycles. The van der Waals surface area contributed by atoms with Crippen LogP contribution in [0.15, 0.2) is 124 Å². The lowest BCUT2D eigenvalue weighted by atomic mass is 9.95. The summed E-state index contributed by atoms with van der Waals surface area (Å²) < 4.78 is 57.3. The van der Waals surface area contributed by atoms with Crippen LogP contribution >= 0.6 is 0 Å². The molecule has 1 atom stereocenters. The van der Waals surface area contributed by atoms with Gasteiger partial charge < -0.3 is 0 Å². The fourth-order valence-corrected chi connectivity index (χ4v) is 6.94. The van der Waals surface area contributed by atoms with Crippen LogP contribution in [-0.2, 0) is 20.0 Å². The highest BCUT2D eigenvalue weighted by Crippen LogP contribution is 2.39. The van der Waals surface area contributed by atoms with Gasteiger partial charge in [0.15, 0.2) is 0 Å². The van der Waals surface area contributed by atoms with Crippen LogP contribution in [0.4, 0.5) is 5.69 Å². The van der Waals surface area contributed by atoms with Crippen LogP contribution in [-0.4, -0.2) is 27.0 Å². The topological polar surface area (TPSA) is 95.9 Å². The Morgan fingerprint density at radius 2 is 1.30 bits per heavy atom. The lowest BCUT2D eigenvalue weighted by Crippen LogP contribution is -2.27. The Hall–Kier alpha value is -3.95. The Labute approximate surface area is 217 Å². The average Bonchev–Trinajstić information content (AvgIpc) is 3.36. The van der Waals surface area contributed by atoms with E-state index < -0.39 is 26.1 Å². The van der Waals surface area contributed by atoms with Gasteiger partial charge in [-0.2, -0.15) is 17.9 Å². The van der Waals surface area contributed by atoms with Crippen molar-refractivity contribution in [2.45, 2.75) is 29.2 Å². The molecule has 0 bridgehead atoms. The summed E-state index contributed by atoms with van der Waals surface area (Å²) in [4.78, 5) is 0.265. The molecule has 0 saturated carbocycles. The first-order valence-corrected chi connectivity index (χ1v) is 14.6. The van der Waals surface area contributed by atoms with Crippen molar-refractivity contribution < 1.29 is 16.8 Å². The van der Waals surface area contributed by atoms with E-state index in [1.165, 1.54) is 12.1 Å². The highest BCUT2D eigenvalue weighted by Gasteiger charge is 2.38. The highest BCUT2D eigenvalue weighted by atomic mass is 32.2. The summed E-state index contributed by atoms with van der Waals surface area (Å²) in [6.07, 6.45) is 0.279. The molecule has 1 N–H and O–H groups in total. The van der Waals surface area contributed by atoms with Crippen molar-refractivity contribution in [3.8, 4) is 0 Å². The number of nitrogens with zero attached hydrogens (tertiary/aromatic N) is 2. The molecule has 0 amide bonds. The largest absolute Gasteiger partial charge is 0.279 e. The van der Waals surface area contributed by atoms with Gasteiger partial charge in [0.25, 0.3) is 20.0 Å². The molecule has 4 aromatic rings. The van der Waals surface area contributed by atoms with Gasteiger partial charge in [-0.1, -0.05) is 78.9 Å². The molecule has 0 fully saturated rings. The second kappa shape index (κ2) is 9.84. The molecule has 0 aliphatic carbocycles. The van der Waals surface area contributed by atoms with Crippen molar-refractivity contribution in [1.82, 2.24) is 4.41 Å². The average molecular weight is 532 g/mol. The summed E-state index contributed by atoms with van der Waals surface area (Å²) in [5.74, 6) is 0. The van der Waals surface area contributed by atoms with E-state index in [-0.39, 0.29) is 16.2 Å². The molecule has 0 radical (unpaired) electrons. The smallest absolute Gasteiger partial charge is 0.279 e. The Morgan fingerprint density at radius 3 is 1.97 bits per heavy atom. The minimum atomic E-state index is -3.98. The minimum absolute atomic E-state index is 0.129. The van der Waals surface area contributed by atoms with Crippen LogP contribution in [0.3, 0.4) is 0 Å². The van der Waals surface area contributed by atoms with E-state index in [0.717, 1.165) is 15.5 Å². The summed E-state index contributed by atoms with van der Waals surface area (Å²) in [6.45, 7) is 1.93. The lowest BCUT2D eigenvalue weighted by molar-refractivity contribution is 0.370. The normalized spacial score (nSPS) is 15.9. The number of hydrogen-bond acceptors (Lipinski definition) is 5. The van der Waals surface area contributed by atoms with E-state index in [4.69, 9.17) is 0 Å². The van der Waals surface area contributed by atoms with E-state index in [1.807, 2.05) is 31.2 Å². The summed E-state index contributed by atoms with van der Waals surface area (Å²) in [6, 6.07) is 30.2. The maximum Gasteiger partial charge on any atom is 0.279 e. The predicted molar refractivity (Wildman–Crippen MR) is 144 cm³/mol. The number of aryl methyl sites for hydroxylation is 1. The molecule has 1 unspecified atom stereocenters. The second-order valence-corrected chi connectivity index (χ2v) is 12.2. The van der Waals surface area contributed by atoms with Crippen LogP contribution in [0.1, 0.15) is 29.2 Å². The Bertz CT molecular complexity index is 1670. The van der Waals surface area contributed by atoms with Gasteiger partial charge in [0, 0.05) is 12.0 Å². The zero-order valence-corrected chi connectivity index (χ0v) is 21.7. The van der Waals surface area contributed by atoms with Crippen molar-refractivity contribution in [2.75, 3.05) is 4.72 Å². The van der Waals surface area contributed by atoms with Gasteiger partial charge in [0.05, 0.1) is 27.2 Å². The first kappa shape index (κ1) is 24.7. The number of benzene rings is 4.